The van der Waals surface area contributed by atoms with Gasteiger partial charge in [0, 0.05) is 12.4 Å². The first-order valence-electron chi connectivity index (χ1n) is 6.01. The zero-order valence-electron chi connectivity index (χ0n) is 10.5. The van der Waals surface area contributed by atoms with Gasteiger partial charge in [0.1, 0.15) is 0 Å². The number of aromatic nitrogens is 1. The van der Waals surface area contributed by atoms with E-state index in [1.54, 1.807) is 12.4 Å². The maximum atomic E-state index is 10.8. The molecule has 2 rings (SSSR count). The highest BCUT2D eigenvalue weighted by atomic mass is 16.5. The van der Waals surface area contributed by atoms with Crippen molar-refractivity contribution in [3.8, 4) is 0 Å². The van der Waals surface area contributed by atoms with E-state index in [-0.39, 0.29) is 6.42 Å². The normalized spacial score (nSPS) is 10.3. The molecule has 0 aliphatic rings. The van der Waals surface area contributed by atoms with Gasteiger partial charge in [-0.3, -0.25) is 9.78 Å². The van der Waals surface area contributed by atoms with E-state index in [0.29, 0.717) is 13.2 Å². The van der Waals surface area contributed by atoms with Crippen LogP contribution in [0.1, 0.15) is 16.7 Å². The Morgan fingerprint density at radius 3 is 2.58 bits per heavy atom. The van der Waals surface area contributed by atoms with Crippen LogP contribution in [0.3, 0.4) is 0 Å². The van der Waals surface area contributed by atoms with Crippen molar-refractivity contribution < 1.29 is 14.6 Å². The van der Waals surface area contributed by atoms with E-state index in [0.717, 1.165) is 16.7 Å². The van der Waals surface area contributed by atoms with Crippen LogP contribution in [0.4, 0.5) is 0 Å². The van der Waals surface area contributed by atoms with Gasteiger partial charge in [0.25, 0.3) is 0 Å². The molecule has 98 valence electrons. The summed E-state index contributed by atoms with van der Waals surface area (Å²) in [5.74, 6) is -0.834. The fourth-order valence-electron chi connectivity index (χ4n) is 1.80. The van der Waals surface area contributed by atoms with Crippen LogP contribution in [0.15, 0.2) is 48.8 Å². The van der Waals surface area contributed by atoms with E-state index in [1.165, 1.54) is 0 Å². The minimum Gasteiger partial charge on any atom is -0.481 e. The summed E-state index contributed by atoms with van der Waals surface area (Å²) < 4.78 is 5.60. The lowest BCUT2D eigenvalue weighted by atomic mass is 10.1. The van der Waals surface area contributed by atoms with Gasteiger partial charge in [-0.05, 0) is 22.8 Å². The van der Waals surface area contributed by atoms with Crippen molar-refractivity contribution in [2.45, 2.75) is 19.6 Å². The fourth-order valence-corrected chi connectivity index (χ4v) is 1.80. The zero-order chi connectivity index (χ0) is 13.5. The summed E-state index contributed by atoms with van der Waals surface area (Å²) in [6, 6.07) is 11.2. The minimum absolute atomic E-state index is 0.0203. The number of carboxylic acid groups (broad SMARTS) is 1. The number of nitrogens with zero attached hydrogens (tertiary/aromatic N) is 1. The molecule has 0 aliphatic carbocycles. The van der Waals surface area contributed by atoms with Crippen molar-refractivity contribution >= 4 is 5.97 Å². The molecule has 0 fully saturated rings. The van der Waals surface area contributed by atoms with Crippen LogP contribution in [-0.4, -0.2) is 16.1 Å². The van der Waals surface area contributed by atoms with Crippen LogP contribution in [0.2, 0.25) is 0 Å². The van der Waals surface area contributed by atoms with Gasteiger partial charge < -0.3 is 9.84 Å². The third kappa shape index (κ3) is 4.19. The van der Waals surface area contributed by atoms with Gasteiger partial charge in [-0.2, -0.15) is 0 Å². The summed E-state index contributed by atoms with van der Waals surface area (Å²) >= 11 is 0. The first kappa shape index (κ1) is 13.2. The molecule has 1 aromatic heterocycles. The lowest BCUT2D eigenvalue weighted by Gasteiger charge is -2.08. The second kappa shape index (κ2) is 6.66. The number of hydrogen-bond acceptors (Lipinski definition) is 3. The third-order valence-corrected chi connectivity index (χ3v) is 2.71. The fraction of sp³-hybridized carbons (Fsp3) is 0.200. The van der Waals surface area contributed by atoms with Crippen molar-refractivity contribution in [1.29, 1.82) is 0 Å². The predicted octanol–water partition coefficient (Wildman–Crippen LogP) is 2.43. The molecule has 2 aromatic rings. The minimum atomic E-state index is -0.834. The molecule has 0 saturated heterocycles. The molecule has 0 aliphatic heterocycles. The van der Waals surface area contributed by atoms with Crippen LogP contribution >= 0.6 is 0 Å². The molecule has 0 saturated carbocycles. The number of aliphatic carboxylic acids is 1. The summed E-state index contributed by atoms with van der Waals surface area (Å²) in [6.45, 7) is 0.869. The maximum absolute atomic E-state index is 10.8. The molecule has 0 atom stereocenters. The third-order valence-electron chi connectivity index (χ3n) is 2.71. The van der Waals surface area contributed by atoms with Gasteiger partial charge >= 0.3 is 5.97 Å². The Morgan fingerprint density at radius 2 is 1.89 bits per heavy atom. The summed E-state index contributed by atoms with van der Waals surface area (Å²) in [6.07, 6.45) is 3.49. The highest BCUT2D eigenvalue weighted by molar-refractivity contribution is 5.70. The molecule has 0 radical (unpaired) electrons. The first-order valence-corrected chi connectivity index (χ1v) is 6.01. The number of ether oxygens (including phenoxy) is 1. The second-order valence-electron chi connectivity index (χ2n) is 4.19. The van der Waals surface area contributed by atoms with E-state index in [9.17, 15) is 4.79 Å². The Balaban J connectivity index is 1.94. The van der Waals surface area contributed by atoms with E-state index in [4.69, 9.17) is 9.84 Å². The number of carboxylic acids is 1. The van der Waals surface area contributed by atoms with E-state index in [2.05, 4.69) is 4.98 Å². The Morgan fingerprint density at radius 1 is 1.11 bits per heavy atom. The van der Waals surface area contributed by atoms with Crippen molar-refractivity contribution in [1.82, 2.24) is 4.98 Å². The molecule has 1 N–H and O–H groups in total. The molecule has 4 nitrogen and oxygen atoms in total. The van der Waals surface area contributed by atoms with Gasteiger partial charge in [-0.15, -0.1) is 0 Å². The zero-order valence-corrected chi connectivity index (χ0v) is 10.5. The van der Waals surface area contributed by atoms with Crippen molar-refractivity contribution in [3.05, 3.63) is 65.5 Å². The average Bonchev–Trinajstić information content (AvgIpc) is 2.41. The standard InChI is InChI=1S/C15H15NO3/c17-15(18)8-13-5-1-2-6-14(13)11-19-10-12-4-3-7-16-9-12/h1-7,9H,8,10-11H2,(H,17,18). The summed E-state index contributed by atoms with van der Waals surface area (Å²) in [5, 5.41) is 8.85. The lowest BCUT2D eigenvalue weighted by molar-refractivity contribution is -0.136. The van der Waals surface area contributed by atoms with Gasteiger partial charge in [-0.25, -0.2) is 0 Å². The topological polar surface area (TPSA) is 59.4 Å². The SMILES string of the molecule is O=C(O)Cc1ccccc1COCc1cccnc1. The predicted molar refractivity (Wildman–Crippen MR) is 70.5 cm³/mol. The molecule has 1 aromatic carbocycles. The quantitative estimate of drug-likeness (QED) is 0.863. The largest absolute Gasteiger partial charge is 0.481 e. The number of benzene rings is 1. The van der Waals surface area contributed by atoms with Crippen LogP contribution in [0, 0.1) is 0 Å². The summed E-state index contributed by atoms with van der Waals surface area (Å²) in [4.78, 5) is 14.8. The highest BCUT2D eigenvalue weighted by Gasteiger charge is 2.06. The summed E-state index contributed by atoms with van der Waals surface area (Å²) in [7, 11) is 0. The average molecular weight is 257 g/mol. The van der Waals surface area contributed by atoms with Gasteiger partial charge in [0.15, 0.2) is 0 Å². The monoisotopic (exact) mass is 257 g/mol. The van der Waals surface area contributed by atoms with Crippen molar-refractivity contribution in [2.75, 3.05) is 0 Å². The molecular formula is C15H15NO3. The van der Waals surface area contributed by atoms with Crippen LogP contribution in [-0.2, 0) is 29.2 Å². The molecule has 0 unspecified atom stereocenters. The molecule has 4 heteroatoms. The van der Waals surface area contributed by atoms with Gasteiger partial charge in [0.2, 0.25) is 0 Å². The maximum Gasteiger partial charge on any atom is 0.307 e. The Kier molecular flexibility index (Phi) is 4.64. The van der Waals surface area contributed by atoms with E-state index < -0.39 is 5.97 Å². The Labute approximate surface area is 111 Å². The van der Waals surface area contributed by atoms with Gasteiger partial charge in [0.05, 0.1) is 19.6 Å². The Bertz CT molecular complexity index is 540. The van der Waals surface area contributed by atoms with E-state index in [1.807, 2.05) is 36.4 Å². The Hall–Kier alpha value is -2.20. The smallest absolute Gasteiger partial charge is 0.307 e. The second-order valence-corrected chi connectivity index (χ2v) is 4.19. The number of carbonyl (C=O) groups is 1. The van der Waals surface area contributed by atoms with Gasteiger partial charge in [-0.1, -0.05) is 30.3 Å². The number of hydrogen-bond donors (Lipinski definition) is 1. The molecular weight excluding hydrogens is 242 g/mol. The molecule has 1 heterocycles. The first-order chi connectivity index (χ1) is 9.25. The van der Waals surface area contributed by atoms with Crippen LogP contribution in [0.25, 0.3) is 0 Å². The van der Waals surface area contributed by atoms with Crippen molar-refractivity contribution in [3.63, 3.8) is 0 Å². The number of pyridine rings is 1. The lowest BCUT2D eigenvalue weighted by Crippen LogP contribution is -2.05. The molecule has 0 spiro atoms. The molecule has 0 bridgehead atoms. The molecule has 19 heavy (non-hydrogen) atoms. The molecule has 0 amide bonds. The number of rotatable bonds is 6. The van der Waals surface area contributed by atoms with Crippen molar-refractivity contribution in [2.24, 2.45) is 0 Å². The van der Waals surface area contributed by atoms with Crippen LogP contribution in [0.5, 0.6) is 0 Å². The van der Waals surface area contributed by atoms with Crippen LogP contribution < -0.4 is 0 Å². The van der Waals surface area contributed by atoms with E-state index >= 15 is 0 Å². The highest BCUT2D eigenvalue weighted by Crippen LogP contribution is 2.12. The summed E-state index contributed by atoms with van der Waals surface area (Å²) in [5.41, 5.74) is 2.70.